The monoisotopic (exact) mass is 305 g/mol. The number of likely N-dealkylation sites (N-methyl/N-ethyl adjacent to an activating group) is 1. The van der Waals surface area contributed by atoms with Crippen LogP contribution in [0, 0.1) is 0 Å². The predicted molar refractivity (Wildman–Crippen MR) is 87.8 cm³/mol. The van der Waals surface area contributed by atoms with E-state index in [0.29, 0.717) is 19.1 Å². The normalized spacial score (nSPS) is 20.6. The van der Waals surface area contributed by atoms with E-state index in [1.165, 1.54) is 0 Å². The highest BCUT2D eigenvalue weighted by molar-refractivity contribution is 5.83. The largest absolute Gasteiger partial charge is 0.508 e. The average molecular weight is 305 g/mol. The number of nitrogens with one attached hydrogen (secondary N) is 1. The van der Waals surface area contributed by atoms with Gasteiger partial charge in [0.05, 0.1) is 0 Å². The molecule has 0 radical (unpaired) electrons. The Morgan fingerprint density at radius 1 is 1.45 bits per heavy atom. The van der Waals surface area contributed by atoms with E-state index in [0.717, 1.165) is 25.2 Å². The Morgan fingerprint density at radius 2 is 2.18 bits per heavy atom. The van der Waals surface area contributed by atoms with E-state index in [9.17, 15) is 9.90 Å². The zero-order chi connectivity index (χ0) is 16.1. The number of phenols is 1. The Morgan fingerprint density at radius 3 is 2.77 bits per heavy atom. The minimum Gasteiger partial charge on any atom is -0.508 e. The minimum absolute atomic E-state index is 0.115. The molecule has 1 heterocycles. The predicted octanol–water partition coefficient (Wildman–Crippen LogP) is 1.60. The highest BCUT2D eigenvalue weighted by Crippen LogP contribution is 2.27. The molecule has 2 N–H and O–H groups in total. The van der Waals surface area contributed by atoms with Crippen molar-refractivity contribution in [3.63, 3.8) is 0 Å². The van der Waals surface area contributed by atoms with Gasteiger partial charge in [-0.25, -0.2) is 0 Å². The van der Waals surface area contributed by atoms with Gasteiger partial charge in [0.25, 0.3) is 0 Å². The molecule has 2 rings (SSSR count). The van der Waals surface area contributed by atoms with Gasteiger partial charge in [0.1, 0.15) is 11.8 Å². The number of benzene rings is 1. The lowest BCUT2D eigenvalue weighted by atomic mass is 10.0. The Bertz CT molecular complexity index is 502. The molecule has 1 aromatic rings. The van der Waals surface area contributed by atoms with Crippen molar-refractivity contribution in [3.8, 4) is 5.75 Å². The lowest BCUT2D eigenvalue weighted by Crippen LogP contribution is -2.53. The van der Waals surface area contributed by atoms with Gasteiger partial charge in [0.2, 0.25) is 5.91 Å². The fourth-order valence-electron chi connectivity index (χ4n) is 3.11. The molecule has 2 atom stereocenters. The van der Waals surface area contributed by atoms with Gasteiger partial charge in [0.15, 0.2) is 0 Å². The van der Waals surface area contributed by atoms with Gasteiger partial charge in [0, 0.05) is 38.8 Å². The zero-order valence-electron chi connectivity index (χ0n) is 13.7. The van der Waals surface area contributed by atoms with Crippen LogP contribution in [0.1, 0.15) is 32.4 Å². The van der Waals surface area contributed by atoms with Gasteiger partial charge in [-0.2, -0.15) is 0 Å². The van der Waals surface area contributed by atoms with Crippen molar-refractivity contribution in [3.05, 3.63) is 29.8 Å². The third-order valence-corrected chi connectivity index (χ3v) is 4.26. The summed E-state index contributed by atoms with van der Waals surface area (Å²) < 4.78 is 0. The molecule has 1 saturated heterocycles. The van der Waals surface area contributed by atoms with Crippen LogP contribution in [0.25, 0.3) is 0 Å². The van der Waals surface area contributed by atoms with Crippen LogP contribution in [0.2, 0.25) is 0 Å². The molecule has 0 aliphatic carbocycles. The standard InChI is InChI=1S/C17H27N3O2/c1-4-19(5-2)17(22)16(14-7-6-8-15(21)11-14)20-10-9-18-13(3)12-20/h6-8,11,13,16,18,21H,4-5,9-10,12H2,1-3H3. The minimum atomic E-state index is -0.323. The lowest BCUT2D eigenvalue weighted by molar-refractivity contribution is -0.137. The van der Waals surface area contributed by atoms with E-state index < -0.39 is 0 Å². The molecular formula is C17H27N3O2. The number of piperazine rings is 1. The Balaban J connectivity index is 2.33. The number of hydrogen-bond donors (Lipinski definition) is 2. The quantitative estimate of drug-likeness (QED) is 0.867. The molecule has 1 aliphatic rings. The number of aromatic hydroxyl groups is 1. The summed E-state index contributed by atoms with van der Waals surface area (Å²) >= 11 is 0. The lowest BCUT2D eigenvalue weighted by Gasteiger charge is -2.39. The molecule has 0 aromatic heterocycles. The van der Waals surface area contributed by atoms with Crippen LogP contribution in [0.15, 0.2) is 24.3 Å². The Labute approximate surface area is 132 Å². The van der Waals surface area contributed by atoms with Crippen LogP contribution in [0.3, 0.4) is 0 Å². The maximum Gasteiger partial charge on any atom is 0.244 e. The topological polar surface area (TPSA) is 55.8 Å². The Hall–Kier alpha value is -1.59. The number of nitrogens with zero attached hydrogens (tertiary/aromatic N) is 2. The second kappa shape index (κ2) is 7.61. The van der Waals surface area contributed by atoms with Gasteiger partial charge in [-0.1, -0.05) is 12.1 Å². The average Bonchev–Trinajstić information content (AvgIpc) is 2.49. The highest BCUT2D eigenvalue weighted by atomic mass is 16.3. The third-order valence-electron chi connectivity index (χ3n) is 4.26. The van der Waals surface area contributed by atoms with Crippen molar-refractivity contribution >= 4 is 5.91 Å². The third kappa shape index (κ3) is 3.78. The van der Waals surface area contributed by atoms with E-state index in [1.807, 2.05) is 24.8 Å². The number of amides is 1. The second-order valence-corrected chi connectivity index (χ2v) is 5.86. The molecule has 1 amide bonds. The van der Waals surface area contributed by atoms with E-state index in [2.05, 4.69) is 17.1 Å². The van der Waals surface area contributed by atoms with E-state index in [-0.39, 0.29) is 17.7 Å². The van der Waals surface area contributed by atoms with Crippen molar-refractivity contribution in [2.45, 2.75) is 32.9 Å². The molecule has 0 saturated carbocycles. The summed E-state index contributed by atoms with van der Waals surface area (Å²) in [6.07, 6.45) is 0. The van der Waals surface area contributed by atoms with E-state index in [1.54, 1.807) is 18.2 Å². The van der Waals surface area contributed by atoms with Crippen molar-refractivity contribution in [2.75, 3.05) is 32.7 Å². The van der Waals surface area contributed by atoms with Crippen LogP contribution >= 0.6 is 0 Å². The van der Waals surface area contributed by atoms with Crippen molar-refractivity contribution in [1.29, 1.82) is 0 Å². The van der Waals surface area contributed by atoms with Crippen LogP contribution in [0.5, 0.6) is 5.75 Å². The number of carbonyl (C=O) groups excluding carboxylic acids is 1. The molecule has 0 bridgehead atoms. The summed E-state index contributed by atoms with van der Waals surface area (Å²) in [5.74, 6) is 0.322. The number of rotatable bonds is 5. The summed E-state index contributed by atoms with van der Waals surface area (Å²) in [5.41, 5.74) is 0.867. The second-order valence-electron chi connectivity index (χ2n) is 5.86. The van der Waals surface area contributed by atoms with E-state index >= 15 is 0 Å². The van der Waals surface area contributed by atoms with Gasteiger partial charge in [-0.05, 0) is 38.5 Å². The SMILES string of the molecule is CCN(CC)C(=O)C(c1cccc(O)c1)N1CCNC(C)C1. The summed E-state index contributed by atoms with van der Waals surface area (Å²) in [4.78, 5) is 17.1. The van der Waals surface area contributed by atoms with Crippen molar-refractivity contribution in [2.24, 2.45) is 0 Å². The maximum atomic E-state index is 13.0. The molecule has 1 fully saturated rings. The first-order valence-corrected chi connectivity index (χ1v) is 8.12. The number of hydrogen-bond acceptors (Lipinski definition) is 4. The van der Waals surface area contributed by atoms with Crippen molar-refractivity contribution < 1.29 is 9.90 Å². The summed E-state index contributed by atoms with van der Waals surface area (Å²) in [6, 6.07) is 7.12. The summed E-state index contributed by atoms with van der Waals surface area (Å²) in [5, 5.41) is 13.2. The molecule has 122 valence electrons. The zero-order valence-corrected chi connectivity index (χ0v) is 13.7. The highest BCUT2D eigenvalue weighted by Gasteiger charge is 2.32. The molecule has 22 heavy (non-hydrogen) atoms. The fourth-order valence-corrected chi connectivity index (χ4v) is 3.11. The van der Waals surface area contributed by atoms with Crippen LogP contribution in [0.4, 0.5) is 0 Å². The van der Waals surface area contributed by atoms with E-state index in [4.69, 9.17) is 0 Å². The number of phenolic OH excluding ortho intramolecular Hbond substituents is 1. The fraction of sp³-hybridized carbons (Fsp3) is 0.588. The van der Waals surface area contributed by atoms with Crippen LogP contribution in [-0.2, 0) is 4.79 Å². The molecule has 1 aliphatic heterocycles. The Kier molecular flexibility index (Phi) is 5.80. The number of carbonyl (C=O) groups is 1. The molecule has 5 nitrogen and oxygen atoms in total. The molecule has 2 unspecified atom stereocenters. The van der Waals surface area contributed by atoms with Gasteiger partial charge in [-0.15, -0.1) is 0 Å². The van der Waals surface area contributed by atoms with Crippen LogP contribution < -0.4 is 5.32 Å². The summed E-state index contributed by atoms with van der Waals surface area (Å²) in [7, 11) is 0. The molecular weight excluding hydrogens is 278 g/mol. The first kappa shape index (κ1) is 16.8. The first-order valence-electron chi connectivity index (χ1n) is 8.12. The molecule has 1 aromatic carbocycles. The van der Waals surface area contributed by atoms with Crippen molar-refractivity contribution in [1.82, 2.24) is 15.1 Å². The van der Waals surface area contributed by atoms with Gasteiger partial charge < -0.3 is 15.3 Å². The first-order chi connectivity index (χ1) is 10.6. The molecule has 5 heteroatoms. The van der Waals surface area contributed by atoms with Gasteiger partial charge in [-0.3, -0.25) is 9.69 Å². The molecule has 0 spiro atoms. The van der Waals surface area contributed by atoms with Gasteiger partial charge >= 0.3 is 0 Å². The summed E-state index contributed by atoms with van der Waals surface area (Å²) in [6.45, 7) is 10.1. The smallest absolute Gasteiger partial charge is 0.244 e. The maximum absolute atomic E-state index is 13.0. The van der Waals surface area contributed by atoms with Crippen LogP contribution in [-0.4, -0.2) is 59.6 Å².